The first-order valence-electron chi connectivity index (χ1n) is 4.02. The monoisotopic (exact) mass is 168 g/mol. The second-order valence-corrected chi connectivity index (χ2v) is 3.94. The normalized spacial score (nSPS) is 57.4. The minimum atomic E-state index is 0.179. The second kappa shape index (κ2) is 1.90. The molecule has 11 heavy (non-hydrogen) atoms. The van der Waals surface area contributed by atoms with Gasteiger partial charge in [-0.05, 0) is 0 Å². The van der Waals surface area contributed by atoms with Crippen molar-refractivity contribution < 1.29 is 4.74 Å². The molecular formula is C9H9ClO. The van der Waals surface area contributed by atoms with Gasteiger partial charge in [-0.2, -0.15) is 0 Å². The first-order chi connectivity index (χ1) is 5.38. The lowest BCUT2D eigenvalue weighted by molar-refractivity contribution is 0.305. The molecule has 2 aliphatic carbocycles. The Morgan fingerprint density at radius 1 is 1.09 bits per heavy atom. The summed E-state index contributed by atoms with van der Waals surface area (Å²) in [6, 6.07) is 0. The highest BCUT2D eigenvalue weighted by molar-refractivity contribution is 6.22. The Hall–Kier alpha value is -0.270. The van der Waals surface area contributed by atoms with Crippen LogP contribution in [0.15, 0.2) is 24.3 Å². The highest BCUT2D eigenvalue weighted by atomic mass is 35.5. The van der Waals surface area contributed by atoms with E-state index in [-0.39, 0.29) is 5.38 Å². The summed E-state index contributed by atoms with van der Waals surface area (Å²) in [5.41, 5.74) is 0. The quantitative estimate of drug-likeness (QED) is 0.397. The molecule has 1 aliphatic heterocycles. The number of rotatable bonds is 0. The maximum Gasteiger partial charge on any atom is 0.0912 e. The smallest absolute Gasteiger partial charge is 0.0912 e. The van der Waals surface area contributed by atoms with E-state index in [1.165, 1.54) is 0 Å². The summed E-state index contributed by atoms with van der Waals surface area (Å²) in [6.07, 6.45) is 9.39. The van der Waals surface area contributed by atoms with Gasteiger partial charge in [0.1, 0.15) is 0 Å². The zero-order valence-electron chi connectivity index (χ0n) is 5.98. The third kappa shape index (κ3) is 0.704. The molecule has 2 fully saturated rings. The Balaban J connectivity index is 1.92. The topological polar surface area (TPSA) is 12.5 Å². The van der Waals surface area contributed by atoms with Crippen LogP contribution >= 0.6 is 11.6 Å². The summed E-state index contributed by atoms with van der Waals surface area (Å²) in [5, 5.41) is 0.179. The molecule has 0 spiro atoms. The SMILES string of the molecule is Cl[C@H]1C=CC=C[C@@H]2C3OC3[C@@H]21. The summed E-state index contributed by atoms with van der Waals surface area (Å²) in [7, 11) is 0. The van der Waals surface area contributed by atoms with Crippen molar-refractivity contribution in [3.63, 3.8) is 0 Å². The van der Waals surface area contributed by atoms with Crippen LogP contribution in [0.25, 0.3) is 0 Å². The fourth-order valence-corrected chi connectivity index (χ4v) is 2.57. The van der Waals surface area contributed by atoms with Gasteiger partial charge in [0.25, 0.3) is 0 Å². The predicted octanol–water partition coefficient (Wildman–Crippen LogP) is 1.73. The number of epoxide rings is 1. The van der Waals surface area contributed by atoms with Gasteiger partial charge >= 0.3 is 0 Å². The Morgan fingerprint density at radius 3 is 2.82 bits per heavy atom. The predicted molar refractivity (Wildman–Crippen MR) is 43.6 cm³/mol. The number of alkyl halides is 1. The van der Waals surface area contributed by atoms with E-state index in [1.54, 1.807) is 0 Å². The average molecular weight is 169 g/mol. The summed E-state index contributed by atoms with van der Waals surface area (Å²) >= 11 is 6.13. The van der Waals surface area contributed by atoms with Crippen LogP contribution in [-0.4, -0.2) is 17.6 Å². The number of ether oxygens (including phenoxy) is 1. The van der Waals surface area contributed by atoms with Gasteiger partial charge in [0.05, 0.1) is 17.6 Å². The fourth-order valence-electron chi connectivity index (χ4n) is 2.17. The lowest BCUT2D eigenvalue weighted by Crippen LogP contribution is -2.40. The number of halogens is 1. The summed E-state index contributed by atoms with van der Waals surface area (Å²) in [4.78, 5) is 0. The molecule has 1 saturated carbocycles. The minimum absolute atomic E-state index is 0.179. The maximum atomic E-state index is 6.13. The Kier molecular flexibility index (Phi) is 1.09. The van der Waals surface area contributed by atoms with Gasteiger partial charge in [0.2, 0.25) is 0 Å². The molecule has 1 nitrogen and oxygen atoms in total. The van der Waals surface area contributed by atoms with Gasteiger partial charge in [-0.1, -0.05) is 24.3 Å². The van der Waals surface area contributed by atoms with Crippen LogP contribution < -0.4 is 0 Å². The van der Waals surface area contributed by atoms with Crippen molar-refractivity contribution in [2.45, 2.75) is 17.6 Å². The van der Waals surface area contributed by atoms with E-state index in [0.29, 0.717) is 24.0 Å². The molecule has 2 heteroatoms. The number of fused-ring (bicyclic) bond motifs is 4. The van der Waals surface area contributed by atoms with Gasteiger partial charge in [0.15, 0.2) is 0 Å². The third-order valence-electron chi connectivity index (χ3n) is 2.87. The molecule has 3 aliphatic rings. The van der Waals surface area contributed by atoms with Crippen molar-refractivity contribution in [1.29, 1.82) is 0 Å². The van der Waals surface area contributed by atoms with Crippen molar-refractivity contribution in [3.05, 3.63) is 24.3 Å². The molecule has 2 unspecified atom stereocenters. The van der Waals surface area contributed by atoms with Crippen LogP contribution in [0, 0.1) is 11.8 Å². The lowest BCUT2D eigenvalue weighted by atomic mass is 9.72. The van der Waals surface area contributed by atoms with Gasteiger partial charge in [-0.25, -0.2) is 0 Å². The largest absolute Gasteiger partial charge is 0.369 e. The first kappa shape index (κ1) is 6.27. The van der Waals surface area contributed by atoms with Crippen LogP contribution in [0.4, 0.5) is 0 Å². The standard InChI is InChI=1S/C9H9ClO/c10-6-4-2-1-3-5-7(6)9-8(5)11-9/h1-9H/t5-,6-,7-,8?,9?/m0/s1. The molecule has 0 bridgehead atoms. The minimum Gasteiger partial charge on any atom is -0.369 e. The Labute approximate surface area is 70.7 Å². The number of hydrogen-bond donors (Lipinski definition) is 0. The zero-order valence-corrected chi connectivity index (χ0v) is 6.74. The van der Waals surface area contributed by atoms with E-state index in [4.69, 9.17) is 16.3 Å². The molecule has 0 N–H and O–H groups in total. The first-order valence-corrected chi connectivity index (χ1v) is 4.46. The Morgan fingerprint density at radius 2 is 1.91 bits per heavy atom. The molecule has 0 amide bonds. The summed E-state index contributed by atoms with van der Waals surface area (Å²) < 4.78 is 5.43. The third-order valence-corrected chi connectivity index (χ3v) is 3.31. The van der Waals surface area contributed by atoms with Gasteiger partial charge in [-0.15, -0.1) is 11.6 Å². The molecule has 0 radical (unpaired) electrons. The van der Waals surface area contributed by atoms with Crippen LogP contribution in [0.3, 0.4) is 0 Å². The highest BCUT2D eigenvalue weighted by Crippen LogP contribution is 2.55. The summed E-state index contributed by atoms with van der Waals surface area (Å²) in [5.74, 6) is 1.15. The van der Waals surface area contributed by atoms with Gasteiger partial charge < -0.3 is 4.74 Å². The van der Waals surface area contributed by atoms with E-state index >= 15 is 0 Å². The molecule has 1 saturated heterocycles. The maximum absolute atomic E-state index is 6.13. The molecule has 0 aromatic rings. The zero-order chi connectivity index (χ0) is 7.42. The van der Waals surface area contributed by atoms with Gasteiger partial charge in [0, 0.05) is 11.8 Å². The number of hydrogen-bond acceptors (Lipinski definition) is 1. The van der Waals surface area contributed by atoms with Crippen LogP contribution in [0.1, 0.15) is 0 Å². The average Bonchev–Trinajstić information content (AvgIpc) is 2.63. The van der Waals surface area contributed by atoms with Gasteiger partial charge in [-0.3, -0.25) is 0 Å². The molecule has 0 aromatic carbocycles. The van der Waals surface area contributed by atoms with E-state index in [1.807, 2.05) is 6.08 Å². The summed E-state index contributed by atoms with van der Waals surface area (Å²) in [6.45, 7) is 0. The van der Waals surface area contributed by atoms with E-state index in [9.17, 15) is 0 Å². The molecule has 3 rings (SSSR count). The fraction of sp³-hybridized carbons (Fsp3) is 0.556. The highest BCUT2D eigenvalue weighted by Gasteiger charge is 2.64. The van der Waals surface area contributed by atoms with Crippen molar-refractivity contribution >= 4 is 11.6 Å². The van der Waals surface area contributed by atoms with Crippen molar-refractivity contribution in [2.24, 2.45) is 11.8 Å². The lowest BCUT2D eigenvalue weighted by Gasteiger charge is -2.30. The molecule has 0 aromatic heterocycles. The van der Waals surface area contributed by atoms with Crippen LogP contribution in [0.2, 0.25) is 0 Å². The molecular weight excluding hydrogens is 160 g/mol. The second-order valence-electron chi connectivity index (χ2n) is 3.43. The molecule has 58 valence electrons. The van der Waals surface area contributed by atoms with Crippen LogP contribution in [-0.2, 0) is 4.74 Å². The number of allylic oxidation sites excluding steroid dienone is 3. The van der Waals surface area contributed by atoms with E-state index in [2.05, 4.69) is 18.2 Å². The van der Waals surface area contributed by atoms with Crippen molar-refractivity contribution in [2.75, 3.05) is 0 Å². The van der Waals surface area contributed by atoms with Crippen molar-refractivity contribution in [1.82, 2.24) is 0 Å². The molecule has 1 heterocycles. The van der Waals surface area contributed by atoms with E-state index in [0.717, 1.165) is 0 Å². The molecule has 5 atom stereocenters. The van der Waals surface area contributed by atoms with Crippen LogP contribution in [0.5, 0.6) is 0 Å². The van der Waals surface area contributed by atoms with Crippen molar-refractivity contribution in [3.8, 4) is 0 Å². The van der Waals surface area contributed by atoms with E-state index < -0.39 is 0 Å². The Bertz CT molecular complexity index is 246.